The molecule has 3 rings (SSSR count). The maximum Gasteiger partial charge on any atom is 0.320 e. The van der Waals surface area contributed by atoms with Gasteiger partial charge in [0.1, 0.15) is 0 Å². The van der Waals surface area contributed by atoms with Gasteiger partial charge in [0.05, 0.1) is 0 Å². The van der Waals surface area contributed by atoms with Gasteiger partial charge in [-0.15, -0.1) is 0 Å². The molecule has 0 bridgehead atoms. The number of anilines is 1. The number of benzene rings is 1. The summed E-state index contributed by atoms with van der Waals surface area (Å²) >= 11 is 0. The molecule has 2 saturated heterocycles. The van der Waals surface area contributed by atoms with Gasteiger partial charge in [-0.25, -0.2) is 4.79 Å². The van der Waals surface area contributed by atoms with Crippen molar-refractivity contribution in [1.29, 1.82) is 0 Å². The Morgan fingerprint density at radius 2 is 1.50 bits per heavy atom. The Balaban J connectivity index is 1.55. The molecule has 0 saturated carbocycles. The van der Waals surface area contributed by atoms with Crippen molar-refractivity contribution in [3.05, 3.63) is 29.3 Å². The molecule has 1 aromatic carbocycles. The van der Waals surface area contributed by atoms with E-state index in [1.165, 1.54) is 16.8 Å². The second kappa shape index (κ2) is 7.43. The standard InChI is InChI=1S/C19H30N4O/c1-4-20-8-10-22(11-9-20)19(24)23-14-12-21(13-15-23)18-7-5-6-16(2)17(18)3/h5-7H,4,8-15H2,1-3H3. The molecule has 5 nitrogen and oxygen atoms in total. The number of rotatable bonds is 2. The first-order valence-corrected chi connectivity index (χ1v) is 9.17. The second-order valence-corrected chi connectivity index (χ2v) is 6.90. The van der Waals surface area contributed by atoms with Gasteiger partial charge in [0.2, 0.25) is 0 Å². The lowest BCUT2D eigenvalue weighted by Gasteiger charge is -2.41. The minimum atomic E-state index is 0.228. The third-order valence-electron chi connectivity index (χ3n) is 5.56. The molecule has 0 unspecified atom stereocenters. The molecule has 2 aliphatic heterocycles. The smallest absolute Gasteiger partial charge is 0.320 e. The topological polar surface area (TPSA) is 30.0 Å². The number of hydrogen-bond acceptors (Lipinski definition) is 3. The molecule has 0 spiro atoms. The molecule has 2 amide bonds. The molecule has 0 radical (unpaired) electrons. The Morgan fingerprint density at radius 3 is 2.08 bits per heavy atom. The summed E-state index contributed by atoms with van der Waals surface area (Å²) in [5.74, 6) is 0. The van der Waals surface area contributed by atoms with Crippen molar-refractivity contribution in [1.82, 2.24) is 14.7 Å². The summed E-state index contributed by atoms with van der Waals surface area (Å²) in [6, 6.07) is 6.71. The van der Waals surface area contributed by atoms with Gasteiger partial charge in [0.25, 0.3) is 0 Å². The van der Waals surface area contributed by atoms with Crippen LogP contribution in [0, 0.1) is 13.8 Å². The van der Waals surface area contributed by atoms with E-state index in [0.29, 0.717) is 0 Å². The number of hydrogen-bond donors (Lipinski definition) is 0. The fourth-order valence-electron chi connectivity index (χ4n) is 3.67. The van der Waals surface area contributed by atoms with Crippen LogP contribution in [-0.4, -0.2) is 79.6 Å². The highest BCUT2D eigenvalue weighted by Crippen LogP contribution is 2.24. The average Bonchev–Trinajstić information content (AvgIpc) is 2.64. The normalized spacial score (nSPS) is 19.7. The molecule has 132 valence electrons. The molecular weight excluding hydrogens is 300 g/mol. The summed E-state index contributed by atoms with van der Waals surface area (Å²) in [5, 5.41) is 0. The number of aryl methyl sites for hydroxylation is 1. The van der Waals surface area contributed by atoms with Gasteiger partial charge in [-0.05, 0) is 37.6 Å². The molecule has 2 fully saturated rings. The summed E-state index contributed by atoms with van der Waals surface area (Å²) < 4.78 is 0. The highest BCUT2D eigenvalue weighted by atomic mass is 16.2. The number of carbonyl (C=O) groups is 1. The van der Waals surface area contributed by atoms with Crippen LogP contribution in [0.1, 0.15) is 18.1 Å². The Kier molecular flexibility index (Phi) is 5.29. The summed E-state index contributed by atoms with van der Waals surface area (Å²) in [4.78, 5) is 21.6. The van der Waals surface area contributed by atoms with Crippen LogP contribution in [0.25, 0.3) is 0 Å². The van der Waals surface area contributed by atoms with Crippen LogP contribution in [0.4, 0.5) is 10.5 Å². The predicted octanol–water partition coefficient (Wildman–Crippen LogP) is 2.18. The van der Waals surface area contributed by atoms with Gasteiger partial charge in [-0.2, -0.15) is 0 Å². The van der Waals surface area contributed by atoms with Crippen LogP contribution in [-0.2, 0) is 0 Å². The summed E-state index contributed by atoms with van der Waals surface area (Å²) in [6.07, 6.45) is 0. The minimum Gasteiger partial charge on any atom is -0.368 e. The van der Waals surface area contributed by atoms with E-state index in [4.69, 9.17) is 0 Å². The van der Waals surface area contributed by atoms with Crippen molar-refractivity contribution < 1.29 is 4.79 Å². The van der Waals surface area contributed by atoms with E-state index in [2.05, 4.69) is 48.8 Å². The van der Waals surface area contributed by atoms with Crippen LogP contribution < -0.4 is 4.90 Å². The Bertz CT molecular complexity index is 573. The van der Waals surface area contributed by atoms with Crippen molar-refractivity contribution in [2.45, 2.75) is 20.8 Å². The monoisotopic (exact) mass is 330 g/mol. The molecule has 2 aliphatic rings. The van der Waals surface area contributed by atoms with Gasteiger partial charge in [0, 0.05) is 58.0 Å². The SMILES string of the molecule is CCN1CCN(C(=O)N2CCN(c3cccc(C)c3C)CC2)CC1. The molecule has 0 N–H and O–H groups in total. The second-order valence-electron chi connectivity index (χ2n) is 6.90. The third-order valence-corrected chi connectivity index (χ3v) is 5.56. The molecular formula is C19H30N4O. The fourth-order valence-corrected chi connectivity index (χ4v) is 3.67. The van der Waals surface area contributed by atoms with Crippen molar-refractivity contribution in [3.8, 4) is 0 Å². The highest BCUT2D eigenvalue weighted by Gasteiger charge is 2.27. The lowest BCUT2D eigenvalue weighted by atomic mass is 10.1. The zero-order chi connectivity index (χ0) is 17.1. The number of urea groups is 1. The van der Waals surface area contributed by atoms with Crippen molar-refractivity contribution in [2.24, 2.45) is 0 Å². The summed E-state index contributed by atoms with van der Waals surface area (Å²) in [5.41, 5.74) is 4.01. The molecule has 2 heterocycles. The predicted molar refractivity (Wildman–Crippen MR) is 98.8 cm³/mol. The number of likely N-dealkylation sites (N-methyl/N-ethyl adjacent to an activating group) is 1. The van der Waals surface area contributed by atoms with E-state index in [1.807, 2.05) is 9.80 Å². The molecule has 0 atom stereocenters. The fraction of sp³-hybridized carbons (Fsp3) is 0.632. The van der Waals surface area contributed by atoms with Crippen LogP contribution in [0.2, 0.25) is 0 Å². The first-order chi connectivity index (χ1) is 11.6. The van der Waals surface area contributed by atoms with Crippen LogP contribution in [0.15, 0.2) is 18.2 Å². The molecule has 0 aliphatic carbocycles. The quantitative estimate of drug-likeness (QED) is 0.833. The Morgan fingerprint density at radius 1 is 0.917 bits per heavy atom. The Hall–Kier alpha value is -1.75. The first kappa shape index (κ1) is 17.1. The van der Waals surface area contributed by atoms with Crippen molar-refractivity contribution in [2.75, 3.05) is 63.8 Å². The number of amides is 2. The maximum atomic E-state index is 12.7. The molecule has 5 heteroatoms. The lowest BCUT2D eigenvalue weighted by Crippen LogP contribution is -2.56. The number of piperazine rings is 2. The maximum absolute atomic E-state index is 12.7. The third kappa shape index (κ3) is 3.51. The molecule has 1 aromatic rings. The van der Waals surface area contributed by atoms with E-state index >= 15 is 0 Å². The van der Waals surface area contributed by atoms with Crippen molar-refractivity contribution >= 4 is 11.7 Å². The lowest BCUT2D eigenvalue weighted by molar-refractivity contribution is 0.113. The molecule has 24 heavy (non-hydrogen) atoms. The van der Waals surface area contributed by atoms with Crippen molar-refractivity contribution in [3.63, 3.8) is 0 Å². The van der Waals surface area contributed by atoms with E-state index in [1.54, 1.807) is 0 Å². The van der Waals surface area contributed by atoms with Gasteiger partial charge in [0.15, 0.2) is 0 Å². The summed E-state index contributed by atoms with van der Waals surface area (Å²) in [6.45, 7) is 14.8. The number of nitrogens with zero attached hydrogens (tertiary/aromatic N) is 4. The van der Waals surface area contributed by atoms with E-state index in [-0.39, 0.29) is 6.03 Å². The van der Waals surface area contributed by atoms with Gasteiger partial charge >= 0.3 is 6.03 Å². The van der Waals surface area contributed by atoms with Gasteiger partial charge in [-0.1, -0.05) is 19.1 Å². The van der Waals surface area contributed by atoms with E-state index in [0.717, 1.165) is 58.9 Å². The summed E-state index contributed by atoms with van der Waals surface area (Å²) in [7, 11) is 0. The van der Waals surface area contributed by atoms with Gasteiger partial charge in [-0.3, -0.25) is 0 Å². The number of carbonyl (C=O) groups excluding carboxylic acids is 1. The first-order valence-electron chi connectivity index (χ1n) is 9.17. The average molecular weight is 330 g/mol. The van der Waals surface area contributed by atoms with Gasteiger partial charge < -0.3 is 19.6 Å². The Labute approximate surface area is 145 Å². The zero-order valence-electron chi connectivity index (χ0n) is 15.3. The highest BCUT2D eigenvalue weighted by molar-refractivity contribution is 5.75. The van der Waals surface area contributed by atoms with Crippen LogP contribution >= 0.6 is 0 Å². The minimum absolute atomic E-state index is 0.228. The van der Waals surface area contributed by atoms with Crippen LogP contribution in [0.5, 0.6) is 0 Å². The van der Waals surface area contributed by atoms with E-state index < -0.39 is 0 Å². The largest absolute Gasteiger partial charge is 0.368 e. The molecule has 0 aromatic heterocycles. The van der Waals surface area contributed by atoms with Crippen LogP contribution in [0.3, 0.4) is 0 Å². The zero-order valence-corrected chi connectivity index (χ0v) is 15.3. The van der Waals surface area contributed by atoms with E-state index in [9.17, 15) is 4.79 Å².